The minimum atomic E-state index is -1.30. The molecule has 44 heavy (non-hydrogen) atoms. The van der Waals surface area contributed by atoms with Gasteiger partial charge < -0.3 is 19.3 Å². The molecule has 1 aliphatic rings. The molecule has 0 aromatic heterocycles. The first kappa shape index (κ1) is 31.3. The van der Waals surface area contributed by atoms with Crippen LogP contribution in [0.2, 0.25) is 0 Å². The lowest BCUT2D eigenvalue weighted by molar-refractivity contribution is -0.130. The molecule has 228 valence electrons. The minimum absolute atomic E-state index is 0.0719. The number of halogens is 1. The van der Waals surface area contributed by atoms with Gasteiger partial charge >= 0.3 is 0 Å². The summed E-state index contributed by atoms with van der Waals surface area (Å²) in [5.74, 6) is 1.57. The highest BCUT2D eigenvalue weighted by atomic mass is 79.9. The molecule has 4 aromatic carbocycles. The van der Waals surface area contributed by atoms with Crippen LogP contribution in [0.25, 0.3) is 0 Å². The van der Waals surface area contributed by atoms with Gasteiger partial charge in [0.1, 0.15) is 11.5 Å². The van der Waals surface area contributed by atoms with E-state index in [0.29, 0.717) is 44.1 Å². The fourth-order valence-corrected chi connectivity index (χ4v) is 5.34. The quantitative estimate of drug-likeness (QED) is 0.121. The van der Waals surface area contributed by atoms with Crippen LogP contribution in [-0.2, 0) is 22.4 Å². The highest BCUT2D eigenvalue weighted by molar-refractivity contribution is 9.10. The van der Waals surface area contributed by atoms with Crippen LogP contribution >= 0.6 is 15.9 Å². The number of amides is 1. The Hall–Kier alpha value is -4.18. The monoisotopic (exact) mass is 657 g/mol. The van der Waals surface area contributed by atoms with Crippen molar-refractivity contribution in [3.8, 4) is 11.5 Å². The summed E-state index contributed by atoms with van der Waals surface area (Å²) >= 11 is 3.51. The Morgan fingerprint density at radius 2 is 1.61 bits per heavy atom. The summed E-state index contributed by atoms with van der Waals surface area (Å²) in [5, 5.41) is 9.05. The van der Waals surface area contributed by atoms with Gasteiger partial charge in [0, 0.05) is 36.0 Å². The van der Waals surface area contributed by atoms with Crippen LogP contribution < -0.4 is 20.3 Å². The molecular weight excluding hydrogens is 622 g/mol. The lowest BCUT2D eigenvalue weighted by atomic mass is 9.82. The zero-order valence-electron chi connectivity index (χ0n) is 24.5. The van der Waals surface area contributed by atoms with Crippen LogP contribution in [0.4, 0.5) is 0 Å². The van der Waals surface area contributed by atoms with Crippen molar-refractivity contribution in [2.45, 2.75) is 30.9 Å². The second-order valence-electron chi connectivity index (χ2n) is 10.5. The van der Waals surface area contributed by atoms with Crippen LogP contribution in [0.1, 0.15) is 34.8 Å². The maximum atomic E-state index is 14.3. The number of aliphatic imine (C=N–C) groups is 1. The molecule has 8 nitrogen and oxygen atoms in total. The first-order valence-electron chi connectivity index (χ1n) is 14.6. The van der Waals surface area contributed by atoms with Crippen molar-refractivity contribution in [1.29, 1.82) is 0 Å². The van der Waals surface area contributed by atoms with Crippen LogP contribution in [-0.4, -0.2) is 49.3 Å². The van der Waals surface area contributed by atoms with Crippen molar-refractivity contribution < 1.29 is 24.1 Å². The topological polar surface area (TPSA) is 101 Å². The Balaban J connectivity index is 1.43. The summed E-state index contributed by atoms with van der Waals surface area (Å²) in [5.41, 5.74) is 8.42. The number of aliphatic hydroxyl groups excluding tert-OH is 1. The molecule has 1 aliphatic heterocycles. The molecule has 1 heterocycles. The Kier molecular flexibility index (Phi) is 10.7. The summed E-state index contributed by atoms with van der Waals surface area (Å²) in [4.78, 5) is 19.3. The van der Waals surface area contributed by atoms with Crippen LogP contribution in [0.15, 0.2) is 113 Å². The zero-order chi connectivity index (χ0) is 30.8. The van der Waals surface area contributed by atoms with Crippen LogP contribution in [0.3, 0.4) is 0 Å². The molecule has 2 atom stereocenters. The molecule has 0 saturated heterocycles. The van der Waals surface area contributed by atoms with E-state index in [-0.39, 0.29) is 12.5 Å². The summed E-state index contributed by atoms with van der Waals surface area (Å²) in [6.07, 6.45) is 0.908. The number of aliphatic hydroxyl groups is 1. The van der Waals surface area contributed by atoms with Crippen molar-refractivity contribution in [2.75, 3.05) is 26.9 Å². The van der Waals surface area contributed by atoms with Gasteiger partial charge in [0.25, 0.3) is 5.91 Å². The molecule has 3 N–H and O–H groups in total. The fraction of sp³-hybridized carbons (Fsp3) is 0.257. The van der Waals surface area contributed by atoms with Crippen LogP contribution in [0.5, 0.6) is 11.5 Å². The molecule has 4 aromatic rings. The maximum absolute atomic E-state index is 14.3. The molecule has 0 radical (unpaired) electrons. The summed E-state index contributed by atoms with van der Waals surface area (Å²) in [6.45, 7) is 1.02. The predicted molar refractivity (Wildman–Crippen MR) is 174 cm³/mol. The third-order valence-electron chi connectivity index (χ3n) is 7.42. The number of carbonyl (C=O) groups is 1. The number of hydrogen-bond acceptors (Lipinski definition) is 7. The molecule has 0 bridgehead atoms. The van der Waals surface area contributed by atoms with Crippen molar-refractivity contribution in [1.82, 2.24) is 10.9 Å². The molecule has 0 saturated carbocycles. The van der Waals surface area contributed by atoms with E-state index in [0.717, 1.165) is 32.5 Å². The molecule has 5 rings (SSSR count). The van der Waals surface area contributed by atoms with Gasteiger partial charge in [0.05, 0.1) is 13.7 Å². The SMILES string of the molecule is COc1ccc(CCNNC(=O)[C@@]2(Cc3ccc(Br)cc3)N=C(c3ccc(OCCCO)cc3)O[C@H]2c2ccccc2)cc1. The van der Waals surface area contributed by atoms with Gasteiger partial charge in [-0.1, -0.05) is 70.5 Å². The molecule has 0 spiro atoms. The third kappa shape index (κ3) is 7.66. The Labute approximate surface area is 266 Å². The van der Waals surface area contributed by atoms with Gasteiger partial charge in [-0.25, -0.2) is 10.4 Å². The number of benzene rings is 4. The summed E-state index contributed by atoms with van der Waals surface area (Å²) in [7, 11) is 1.64. The molecular formula is C35H36BrN3O5. The van der Waals surface area contributed by atoms with Gasteiger partial charge in [0.2, 0.25) is 5.90 Å². The van der Waals surface area contributed by atoms with Crippen LogP contribution in [0, 0.1) is 0 Å². The van der Waals surface area contributed by atoms with Gasteiger partial charge in [-0.15, -0.1) is 0 Å². The van der Waals surface area contributed by atoms with E-state index in [1.165, 1.54) is 0 Å². The third-order valence-corrected chi connectivity index (χ3v) is 7.95. The summed E-state index contributed by atoms with van der Waals surface area (Å²) < 4.78 is 18.5. The van der Waals surface area contributed by atoms with E-state index >= 15 is 0 Å². The predicted octanol–water partition coefficient (Wildman–Crippen LogP) is 5.58. The largest absolute Gasteiger partial charge is 0.497 e. The van der Waals surface area contributed by atoms with E-state index in [2.05, 4.69) is 26.8 Å². The van der Waals surface area contributed by atoms with Crippen molar-refractivity contribution in [3.63, 3.8) is 0 Å². The highest BCUT2D eigenvalue weighted by Gasteiger charge is 2.53. The van der Waals surface area contributed by atoms with Crippen molar-refractivity contribution in [3.05, 3.63) is 130 Å². The maximum Gasteiger partial charge on any atom is 0.266 e. The normalized spacial score (nSPS) is 17.4. The number of hydrogen-bond donors (Lipinski definition) is 3. The van der Waals surface area contributed by atoms with Gasteiger partial charge in [0.15, 0.2) is 11.6 Å². The lowest BCUT2D eigenvalue weighted by Crippen LogP contribution is -2.54. The average Bonchev–Trinajstić information content (AvgIpc) is 3.45. The van der Waals surface area contributed by atoms with E-state index < -0.39 is 11.6 Å². The number of rotatable bonds is 14. The molecule has 9 heteroatoms. The standard InChI is InChI=1S/C35H36BrN3O5/c1-42-30-16-10-25(11-17-30)20-21-37-39-34(41)35(24-26-8-14-29(36)15-9-26)32(27-6-3-2-4-7-27)44-33(38-35)28-12-18-31(19-13-28)43-23-5-22-40/h2-4,6-19,32,37,40H,5,20-24H2,1H3,(H,39,41)/t32-,35-/m0/s1. The summed E-state index contributed by atoms with van der Waals surface area (Å²) in [6, 6.07) is 32.9. The average molecular weight is 659 g/mol. The fourth-order valence-electron chi connectivity index (χ4n) is 5.07. The number of ether oxygens (including phenoxy) is 3. The first-order valence-corrected chi connectivity index (χ1v) is 15.4. The Morgan fingerprint density at radius 3 is 2.30 bits per heavy atom. The number of hydrazine groups is 1. The van der Waals surface area contributed by atoms with Crippen molar-refractivity contribution in [2.24, 2.45) is 4.99 Å². The number of nitrogens with zero attached hydrogens (tertiary/aromatic N) is 1. The van der Waals surface area contributed by atoms with E-state index in [9.17, 15) is 4.79 Å². The second-order valence-corrected chi connectivity index (χ2v) is 11.4. The minimum Gasteiger partial charge on any atom is -0.497 e. The first-order chi connectivity index (χ1) is 21.5. The Bertz CT molecular complexity index is 1530. The zero-order valence-corrected chi connectivity index (χ0v) is 26.1. The smallest absolute Gasteiger partial charge is 0.266 e. The van der Waals surface area contributed by atoms with E-state index in [1.54, 1.807) is 7.11 Å². The van der Waals surface area contributed by atoms with Crippen molar-refractivity contribution >= 4 is 27.7 Å². The Morgan fingerprint density at radius 1 is 0.932 bits per heavy atom. The lowest BCUT2D eigenvalue weighted by Gasteiger charge is -2.31. The number of nitrogens with one attached hydrogen (secondary N) is 2. The number of carbonyl (C=O) groups excluding carboxylic acids is 1. The molecule has 0 fully saturated rings. The number of methoxy groups -OCH3 is 1. The highest BCUT2D eigenvalue weighted by Crippen LogP contribution is 2.42. The molecule has 0 aliphatic carbocycles. The van der Waals surface area contributed by atoms with Gasteiger partial charge in [-0.3, -0.25) is 10.2 Å². The molecule has 0 unspecified atom stereocenters. The second kappa shape index (κ2) is 15.0. The van der Waals surface area contributed by atoms with E-state index in [4.69, 9.17) is 24.3 Å². The van der Waals surface area contributed by atoms with E-state index in [1.807, 2.05) is 103 Å². The van der Waals surface area contributed by atoms with Gasteiger partial charge in [-0.05, 0) is 71.6 Å². The molecule has 1 amide bonds. The van der Waals surface area contributed by atoms with Gasteiger partial charge in [-0.2, -0.15) is 0 Å².